The smallest absolute Gasteiger partial charge is 0.460 e. The summed E-state index contributed by atoms with van der Waals surface area (Å²) < 4.78 is 5.99. The van der Waals surface area contributed by atoms with E-state index in [1.807, 2.05) is 0 Å². The molecule has 0 N–H and O–H groups in total. The van der Waals surface area contributed by atoms with Crippen LogP contribution >= 0.6 is 0 Å². The third kappa shape index (κ3) is 10.5. The molecule has 0 amide bonds. The van der Waals surface area contributed by atoms with Gasteiger partial charge in [0.1, 0.15) is 0 Å². The molecule has 0 aliphatic rings. The van der Waals surface area contributed by atoms with Gasteiger partial charge in [0, 0.05) is 6.61 Å². The summed E-state index contributed by atoms with van der Waals surface area (Å²) in [5, 5.41) is 2.71. The maximum absolute atomic E-state index is 5.99. The van der Waals surface area contributed by atoms with Gasteiger partial charge in [0.2, 0.25) is 0 Å². The molecular formula is C13H27AlO. The summed E-state index contributed by atoms with van der Waals surface area (Å²) in [6.45, 7) is 7.70. The van der Waals surface area contributed by atoms with Crippen molar-refractivity contribution in [2.45, 2.75) is 63.4 Å². The number of allylic oxidation sites excluding steroid dienone is 1. The Morgan fingerprint density at radius 3 is 2.00 bits per heavy atom. The molecule has 1 nitrogen and oxygen atoms in total. The summed E-state index contributed by atoms with van der Waals surface area (Å²) in [6.07, 6.45) is 10.7. The standard InChI is InChI=1S/C7H13O.2C3H7.Al/c1-2-3-4-5-6-7-8;2*1-3-2;/h4-5H,2-3,6-7H2,1H3;2*1,3H2,2H3;/q-1;;;+1. The van der Waals surface area contributed by atoms with Crippen molar-refractivity contribution in [1.82, 2.24) is 0 Å². The lowest BCUT2D eigenvalue weighted by atomic mass is 10.3. The molecule has 2 heteroatoms. The van der Waals surface area contributed by atoms with Gasteiger partial charge in [-0.05, 0) is 12.8 Å². The van der Waals surface area contributed by atoms with Gasteiger partial charge >= 0.3 is 14.5 Å². The van der Waals surface area contributed by atoms with Crippen molar-refractivity contribution in [1.29, 1.82) is 0 Å². The molecule has 0 aliphatic carbocycles. The van der Waals surface area contributed by atoms with Crippen LogP contribution in [0, 0.1) is 0 Å². The maximum atomic E-state index is 5.99. The predicted molar refractivity (Wildman–Crippen MR) is 70.6 cm³/mol. The molecule has 0 unspecified atom stereocenters. The van der Waals surface area contributed by atoms with Crippen molar-refractivity contribution in [3.63, 3.8) is 0 Å². The van der Waals surface area contributed by atoms with E-state index in [0.29, 0.717) is 0 Å². The summed E-state index contributed by atoms with van der Waals surface area (Å²) in [6, 6.07) is 0. The Kier molecular flexibility index (Phi) is 12.5. The third-order valence-electron chi connectivity index (χ3n) is 2.48. The molecule has 0 saturated heterocycles. The topological polar surface area (TPSA) is 9.23 Å². The van der Waals surface area contributed by atoms with Gasteiger partial charge in [-0.15, -0.1) is 0 Å². The fraction of sp³-hybridized carbons (Fsp3) is 0.846. The lowest BCUT2D eigenvalue weighted by Gasteiger charge is -2.10. The molecule has 0 heterocycles. The van der Waals surface area contributed by atoms with Crippen molar-refractivity contribution in [2.24, 2.45) is 0 Å². The van der Waals surface area contributed by atoms with Crippen molar-refractivity contribution in [3.05, 3.63) is 12.2 Å². The van der Waals surface area contributed by atoms with E-state index in [4.69, 9.17) is 3.79 Å². The first-order chi connectivity index (χ1) is 7.35. The number of rotatable bonds is 10. The fourth-order valence-electron chi connectivity index (χ4n) is 1.66. The number of unbranched alkanes of at least 4 members (excludes halogenated alkanes) is 1. The van der Waals surface area contributed by atoms with Gasteiger partial charge in [-0.25, -0.2) is 0 Å². The van der Waals surface area contributed by atoms with E-state index in [-0.39, 0.29) is 0 Å². The van der Waals surface area contributed by atoms with E-state index < -0.39 is 14.5 Å². The second kappa shape index (κ2) is 12.3. The highest BCUT2D eigenvalue weighted by Crippen LogP contribution is 2.07. The van der Waals surface area contributed by atoms with Crippen LogP contribution in [0.1, 0.15) is 52.9 Å². The van der Waals surface area contributed by atoms with Crippen LogP contribution in [0.15, 0.2) is 12.2 Å². The Bertz CT molecular complexity index is 139. The van der Waals surface area contributed by atoms with Gasteiger partial charge in [0.05, 0.1) is 0 Å². The van der Waals surface area contributed by atoms with Crippen molar-refractivity contribution < 1.29 is 3.79 Å². The lowest BCUT2D eigenvalue weighted by molar-refractivity contribution is 0.324. The average Bonchev–Trinajstić information content (AvgIpc) is 2.24. The first-order valence-corrected chi connectivity index (χ1v) is 8.72. The number of hydrogen-bond acceptors (Lipinski definition) is 1. The Morgan fingerprint density at radius 1 is 0.867 bits per heavy atom. The Labute approximate surface area is 101 Å². The molecular weight excluding hydrogens is 199 g/mol. The summed E-state index contributed by atoms with van der Waals surface area (Å²) in [5.41, 5.74) is 0. The highest BCUT2D eigenvalue weighted by atomic mass is 27.2. The molecule has 0 spiro atoms. The average molecular weight is 226 g/mol. The van der Waals surface area contributed by atoms with Gasteiger partial charge in [-0.3, -0.25) is 0 Å². The first-order valence-electron chi connectivity index (χ1n) is 6.61. The van der Waals surface area contributed by atoms with E-state index >= 15 is 0 Å². The fourth-order valence-corrected chi connectivity index (χ4v) is 4.04. The SMILES string of the molecule is CCCC=CCC[O][Al]([CH2]CC)[CH2]CC. The highest BCUT2D eigenvalue weighted by Gasteiger charge is 2.16. The molecule has 0 radical (unpaired) electrons. The minimum absolute atomic E-state index is 0.826. The second-order valence-electron chi connectivity index (χ2n) is 4.12. The largest absolute Gasteiger partial charge is 0.500 e. The van der Waals surface area contributed by atoms with Gasteiger partial charge in [0.25, 0.3) is 0 Å². The summed E-state index contributed by atoms with van der Waals surface area (Å²) in [5.74, 6) is 0. The quantitative estimate of drug-likeness (QED) is 0.301. The van der Waals surface area contributed by atoms with Gasteiger partial charge in [0.15, 0.2) is 0 Å². The molecule has 0 aromatic rings. The molecule has 0 saturated carbocycles. The van der Waals surface area contributed by atoms with Gasteiger partial charge in [-0.2, -0.15) is 0 Å². The van der Waals surface area contributed by atoms with Crippen LogP contribution in [-0.2, 0) is 3.79 Å². The zero-order valence-corrected chi connectivity index (χ0v) is 12.0. The Balaban J connectivity index is 3.43. The highest BCUT2D eigenvalue weighted by molar-refractivity contribution is 6.51. The molecule has 0 atom stereocenters. The molecule has 0 fully saturated rings. The Morgan fingerprint density at radius 2 is 1.47 bits per heavy atom. The van der Waals surface area contributed by atoms with Crippen LogP contribution in [0.2, 0.25) is 10.6 Å². The van der Waals surface area contributed by atoms with Gasteiger partial charge in [-0.1, -0.05) is 62.8 Å². The maximum Gasteiger partial charge on any atom is 0.460 e. The van der Waals surface area contributed by atoms with E-state index in [0.717, 1.165) is 13.0 Å². The number of hydrogen-bond donors (Lipinski definition) is 0. The summed E-state index contributed by atoms with van der Waals surface area (Å²) >= 11 is -0.826. The zero-order valence-electron chi connectivity index (χ0n) is 10.8. The molecule has 0 aromatic carbocycles. The normalized spacial score (nSPS) is 11.1. The van der Waals surface area contributed by atoms with Gasteiger partial charge < -0.3 is 3.79 Å². The Hall–Kier alpha value is 0.232. The van der Waals surface area contributed by atoms with Crippen LogP contribution in [-0.4, -0.2) is 21.1 Å². The van der Waals surface area contributed by atoms with Crippen LogP contribution < -0.4 is 0 Å². The second-order valence-corrected chi connectivity index (χ2v) is 6.85. The van der Waals surface area contributed by atoms with E-state index in [1.54, 1.807) is 0 Å². The van der Waals surface area contributed by atoms with Crippen LogP contribution in [0.5, 0.6) is 0 Å². The molecule has 88 valence electrons. The molecule has 0 aromatic heterocycles. The first kappa shape index (κ1) is 15.2. The monoisotopic (exact) mass is 226 g/mol. The van der Waals surface area contributed by atoms with Crippen molar-refractivity contribution in [2.75, 3.05) is 6.61 Å². The molecule has 15 heavy (non-hydrogen) atoms. The minimum Gasteiger partial charge on any atom is -0.500 e. The summed E-state index contributed by atoms with van der Waals surface area (Å²) in [4.78, 5) is 0. The van der Waals surface area contributed by atoms with E-state index in [9.17, 15) is 0 Å². The van der Waals surface area contributed by atoms with E-state index in [2.05, 4.69) is 32.9 Å². The van der Waals surface area contributed by atoms with Crippen LogP contribution in [0.3, 0.4) is 0 Å². The molecule has 0 bridgehead atoms. The van der Waals surface area contributed by atoms with Crippen LogP contribution in [0.4, 0.5) is 0 Å². The van der Waals surface area contributed by atoms with Crippen molar-refractivity contribution >= 4 is 14.5 Å². The third-order valence-corrected chi connectivity index (χ3v) is 5.63. The molecule has 0 aliphatic heterocycles. The zero-order chi connectivity index (χ0) is 11.4. The predicted octanol–water partition coefficient (Wildman–Crippen LogP) is 4.56. The lowest BCUT2D eigenvalue weighted by Crippen LogP contribution is -2.17. The van der Waals surface area contributed by atoms with Crippen LogP contribution in [0.25, 0.3) is 0 Å². The van der Waals surface area contributed by atoms with E-state index in [1.165, 1.54) is 36.2 Å². The summed E-state index contributed by atoms with van der Waals surface area (Å²) in [7, 11) is 0. The molecule has 0 rings (SSSR count). The van der Waals surface area contributed by atoms with Crippen molar-refractivity contribution in [3.8, 4) is 0 Å². The minimum atomic E-state index is -0.826.